The average Bonchev–Trinajstić information content (AvgIpc) is 3.33. The maximum atomic E-state index is 14.5. The number of hydrogen-bond acceptors (Lipinski definition) is 7. The molecule has 0 bridgehead atoms. The quantitative estimate of drug-likeness (QED) is 0.140. The van der Waals surface area contributed by atoms with E-state index >= 15 is 0 Å². The lowest BCUT2D eigenvalue weighted by Gasteiger charge is -2.39. The Morgan fingerprint density at radius 2 is 1.54 bits per heavy atom. The van der Waals surface area contributed by atoms with Gasteiger partial charge in [-0.1, -0.05) is 72.6 Å². The molecule has 4 rings (SSSR count). The highest BCUT2D eigenvalue weighted by atomic mass is 32.2. The first-order chi connectivity index (χ1) is 21.8. The van der Waals surface area contributed by atoms with Gasteiger partial charge in [0.25, 0.3) is 5.91 Å². The lowest BCUT2D eigenvalue weighted by molar-refractivity contribution is -0.144. The fraction of sp³-hybridized carbons (Fsp3) is 0.848. The van der Waals surface area contributed by atoms with Crippen molar-refractivity contribution in [1.82, 2.24) is 26.2 Å². The van der Waals surface area contributed by atoms with Crippen LogP contribution in [0.4, 0.5) is 4.79 Å². The first-order valence-corrected chi connectivity index (χ1v) is 18.8. The third-order valence-electron chi connectivity index (χ3n) is 11.0. The maximum Gasteiger partial charge on any atom is 0.315 e. The van der Waals surface area contributed by atoms with E-state index in [9.17, 15) is 32.4 Å². The minimum atomic E-state index is -2.71. The molecule has 3 saturated carbocycles. The number of Topliss-reactive ketones (excluding diaryl/α,β-unsaturated/α-hetero) is 1. The second-order valence-electron chi connectivity index (χ2n) is 14.7. The molecule has 1 unspecified atom stereocenters. The first-order valence-electron chi connectivity index (χ1n) is 17.5. The normalized spacial score (nSPS) is 26.4. The number of nitrogens with zero attached hydrogens (tertiary/aromatic N) is 1. The van der Waals surface area contributed by atoms with E-state index in [-0.39, 0.29) is 34.8 Å². The summed E-state index contributed by atoms with van der Waals surface area (Å²) in [6, 6.07) is -3.25. The van der Waals surface area contributed by atoms with E-state index in [1.165, 1.54) is 0 Å². The summed E-state index contributed by atoms with van der Waals surface area (Å²) >= 11 is 0. The highest BCUT2D eigenvalue weighted by molar-refractivity contribution is 7.72. The van der Waals surface area contributed by atoms with E-state index in [0.29, 0.717) is 45.2 Å². The monoisotopic (exact) mass is 665 g/mol. The van der Waals surface area contributed by atoms with Crippen LogP contribution in [0.1, 0.15) is 111 Å². The summed E-state index contributed by atoms with van der Waals surface area (Å²) in [5.74, 6) is -2.46. The molecular formula is C33H55N5O7S. The van der Waals surface area contributed by atoms with Crippen molar-refractivity contribution in [2.45, 2.75) is 135 Å². The molecule has 4 N–H and O–H groups in total. The Labute approximate surface area is 275 Å². The number of nitrogens with one attached hydrogen (secondary N) is 4. The molecule has 0 spiro atoms. The SMILES string of the molecule is CCCNC(=O)C(=O)C(CCC)NC(=O)[C@@H]1[C@@H]2[C@H](CN1C(=O)[C@@H](NC(=O)NC1(C[SH](=O)=O)CCCCC1)C1CCCCC1)C2(C)C. The largest absolute Gasteiger partial charge is 0.349 e. The number of carbonyl (C=O) groups excluding carboxylic acids is 5. The van der Waals surface area contributed by atoms with E-state index in [1.54, 1.807) is 4.90 Å². The van der Waals surface area contributed by atoms with Crippen LogP contribution in [0.25, 0.3) is 0 Å². The van der Waals surface area contributed by atoms with Gasteiger partial charge in [0.2, 0.25) is 17.6 Å². The molecule has 5 amide bonds. The molecule has 1 saturated heterocycles. The van der Waals surface area contributed by atoms with Gasteiger partial charge in [0.05, 0.1) is 17.3 Å². The van der Waals surface area contributed by atoms with Crippen molar-refractivity contribution in [1.29, 1.82) is 0 Å². The van der Waals surface area contributed by atoms with E-state index in [2.05, 4.69) is 35.1 Å². The zero-order valence-corrected chi connectivity index (χ0v) is 28.9. The molecule has 260 valence electrons. The van der Waals surface area contributed by atoms with Crippen molar-refractivity contribution in [2.24, 2.45) is 23.2 Å². The van der Waals surface area contributed by atoms with E-state index in [1.807, 2.05) is 13.8 Å². The van der Waals surface area contributed by atoms with Crippen LogP contribution in [0.3, 0.4) is 0 Å². The summed E-state index contributed by atoms with van der Waals surface area (Å²) in [6.45, 7) is 8.64. The Bertz CT molecular complexity index is 1220. The molecule has 4 fully saturated rings. The van der Waals surface area contributed by atoms with Crippen LogP contribution in [-0.2, 0) is 29.9 Å². The number of amides is 5. The number of piperidine rings is 1. The van der Waals surface area contributed by atoms with Crippen molar-refractivity contribution in [3.8, 4) is 0 Å². The van der Waals surface area contributed by atoms with Gasteiger partial charge in [0, 0.05) is 13.1 Å². The molecular weight excluding hydrogens is 610 g/mol. The van der Waals surface area contributed by atoms with Crippen LogP contribution >= 0.6 is 0 Å². The molecule has 5 atom stereocenters. The number of rotatable bonds is 14. The highest BCUT2D eigenvalue weighted by Gasteiger charge is 2.69. The molecule has 4 aliphatic rings. The van der Waals surface area contributed by atoms with Gasteiger partial charge >= 0.3 is 6.03 Å². The summed E-state index contributed by atoms with van der Waals surface area (Å²) < 4.78 is 23.5. The van der Waals surface area contributed by atoms with Crippen LogP contribution in [-0.4, -0.2) is 85.4 Å². The fourth-order valence-corrected chi connectivity index (χ4v) is 9.25. The van der Waals surface area contributed by atoms with Gasteiger partial charge in [0.15, 0.2) is 0 Å². The molecule has 1 heterocycles. The molecule has 0 aromatic heterocycles. The van der Waals surface area contributed by atoms with Gasteiger partial charge in [-0.2, -0.15) is 0 Å². The third kappa shape index (κ3) is 8.23. The lowest BCUT2D eigenvalue weighted by Crippen LogP contribution is -2.62. The first kappa shape index (κ1) is 36.1. The van der Waals surface area contributed by atoms with Crippen LogP contribution in [0.2, 0.25) is 0 Å². The second-order valence-corrected chi connectivity index (χ2v) is 15.6. The van der Waals surface area contributed by atoms with Crippen molar-refractivity contribution < 1.29 is 32.4 Å². The predicted molar refractivity (Wildman–Crippen MR) is 174 cm³/mol. The lowest BCUT2D eigenvalue weighted by atomic mass is 9.82. The third-order valence-corrected chi connectivity index (χ3v) is 11.9. The summed E-state index contributed by atoms with van der Waals surface area (Å²) in [4.78, 5) is 69.1. The Hall–Kier alpha value is -2.70. The van der Waals surface area contributed by atoms with Gasteiger partial charge in [-0.3, -0.25) is 19.2 Å². The minimum absolute atomic E-state index is 0.0973. The number of hydrogen-bond donors (Lipinski definition) is 5. The molecule has 12 nitrogen and oxygen atoms in total. The summed E-state index contributed by atoms with van der Waals surface area (Å²) in [7, 11) is -2.71. The summed E-state index contributed by atoms with van der Waals surface area (Å²) in [5.41, 5.74) is -1.03. The molecule has 13 heteroatoms. The molecule has 0 aromatic rings. The van der Waals surface area contributed by atoms with Crippen LogP contribution in [0, 0.1) is 23.2 Å². The molecule has 0 radical (unpaired) electrons. The Morgan fingerprint density at radius 3 is 2.15 bits per heavy atom. The maximum absolute atomic E-state index is 14.5. The smallest absolute Gasteiger partial charge is 0.315 e. The van der Waals surface area contributed by atoms with Crippen molar-refractivity contribution in [3.05, 3.63) is 0 Å². The number of fused-ring (bicyclic) bond motifs is 1. The predicted octanol–water partition coefficient (Wildman–Crippen LogP) is 2.41. The van der Waals surface area contributed by atoms with Crippen molar-refractivity contribution >= 4 is 40.2 Å². The Morgan fingerprint density at radius 1 is 0.891 bits per heavy atom. The van der Waals surface area contributed by atoms with Crippen LogP contribution < -0.4 is 21.3 Å². The van der Waals surface area contributed by atoms with Gasteiger partial charge in [0.1, 0.15) is 22.8 Å². The van der Waals surface area contributed by atoms with E-state index in [0.717, 1.165) is 51.4 Å². The second kappa shape index (κ2) is 15.5. The number of ketones is 1. The van der Waals surface area contributed by atoms with Crippen LogP contribution in [0.5, 0.6) is 0 Å². The summed E-state index contributed by atoms with van der Waals surface area (Å²) in [5, 5.41) is 11.3. The number of carbonyl (C=O) groups is 5. The topological polar surface area (TPSA) is 171 Å². The zero-order valence-electron chi connectivity index (χ0n) is 28.0. The molecule has 1 aliphatic heterocycles. The van der Waals surface area contributed by atoms with E-state index in [4.69, 9.17) is 0 Å². The van der Waals surface area contributed by atoms with Crippen LogP contribution in [0.15, 0.2) is 0 Å². The average molecular weight is 666 g/mol. The molecule has 0 aromatic carbocycles. The van der Waals surface area contributed by atoms with E-state index < -0.39 is 58.0 Å². The fourth-order valence-electron chi connectivity index (χ4n) is 8.36. The number of urea groups is 1. The molecule has 3 aliphatic carbocycles. The number of thiol groups is 1. The Balaban J connectivity index is 1.55. The number of likely N-dealkylation sites (tertiary alicyclic amines) is 1. The van der Waals surface area contributed by atoms with Gasteiger partial charge in [-0.15, -0.1) is 0 Å². The van der Waals surface area contributed by atoms with Gasteiger partial charge in [-0.05, 0) is 61.7 Å². The van der Waals surface area contributed by atoms with Crippen molar-refractivity contribution in [2.75, 3.05) is 18.8 Å². The zero-order chi connectivity index (χ0) is 33.6. The van der Waals surface area contributed by atoms with Crippen molar-refractivity contribution in [3.63, 3.8) is 0 Å². The molecule has 46 heavy (non-hydrogen) atoms. The highest BCUT2D eigenvalue weighted by Crippen LogP contribution is 2.65. The summed E-state index contributed by atoms with van der Waals surface area (Å²) in [6.07, 6.45) is 9.73. The van der Waals surface area contributed by atoms with Gasteiger partial charge < -0.3 is 26.2 Å². The minimum Gasteiger partial charge on any atom is -0.349 e. The standard InChI is InChI=1S/C33H55N5O7S/c1-5-13-23(27(39)29(41)34-18-6-2)35-28(40)26-24-22(32(24,3)4)19-38(26)30(42)25(21-14-9-7-10-15-21)36-31(43)37-33(20-46(44)45)16-11-8-12-17-33/h21-26,46H,5-20H2,1-4H3,(H,34,41)(H,35,40)(H2,36,37,43)/t22-,23?,24-,25-,26-/m0/s1. The van der Waals surface area contributed by atoms with Gasteiger partial charge in [-0.25, -0.2) is 13.2 Å². The Kier molecular flexibility index (Phi) is 12.2.